The normalized spacial score (nSPS) is 12.9. The molecule has 146 valence electrons. The molecule has 0 unspecified atom stereocenters. The number of aromatic nitrogens is 1. The van der Waals surface area contributed by atoms with Crippen molar-refractivity contribution < 1.29 is 14.3 Å². The van der Waals surface area contributed by atoms with E-state index in [4.69, 9.17) is 4.74 Å². The summed E-state index contributed by atoms with van der Waals surface area (Å²) in [6.07, 6.45) is 0.841. The van der Waals surface area contributed by atoms with Gasteiger partial charge in [-0.25, -0.2) is 9.78 Å². The Morgan fingerprint density at radius 3 is 2.61 bits per heavy atom. The van der Waals surface area contributed by atoms with Crippen LogP contribution < -0.4 is 5.32 Å². The fourth-order valence-electron chi connectivity index (χ4n) is 2.74. The van der Waals surface area contributed by atoms with Gasteiger partial charge in [0.15, 0.2) is 11.8 Å². The first-order chi connectivity index (χ1) is 13.6. The van der Waals surface area contributed by atoms with Crippen LogP contribution in [0.5, 0.6) is 0 Å². The highest BCUT2D eigenvalue weighted by atomic mass is 32.1. The molecule has 1 aromatic carbocycles. The third kappa shape index (κ3) is 5.05. The predicted octanol–water partition coefficient (Wildman–Crippen LogP) is 5.07. The summed E-state index contributed by atoms with van der Waals surface area (Å²) in [4.78, 5) is 30.3. The largest absolute Gasteiger partial charge is 0.448 e. The molecule has 0 aliphatic carbocycles. The lowest BCUT2D eigenvalue weighted by molar-refractivity contribution is -0.129. The van der Waals surface area contributed by atoms with Crippen molar-refractivity contribution in [1.82, 2.24) is 10.3 Å². The molecule has 2 atom stereocenters. The van der Waals surface area contributed by atoms with Gasteiger partial charge in [0.1, 0.15) is 5.01 Å². The predicted molar refractivity (Wildman–Crippen MR) is 113 cm³/mol. The van der Waals surface area contributed by atoms with Crippen LogP contribution in [0, 0.1) is 0 Å². The maximum atomic E-state index is 12.6. The van der Waals surface area contributed by atoms with E-state index >= 15 is 0 Å². The van der Waals surface area contributed by atoms with Crippen molar-refractivity contribution in [2.75, 3.05) is 0 Å². The van der Waals surface area contributed by atoms with E-state index in [0.717, 1.165) is 28.3 Å². The van der Waals surface area contributed by atoms with Crippen molar-refractivity contribution >= 4 is 34.6 Å². The van der Waals surface area contributed by atoms with E-state index in [1.54, 1.807) is 23.6 Å². The average Bonchev–Trinajstić information content (AvgIpc) is 3.39. The van der Waals surface area contributed by atoms with Crippen LogP contribution in [-0.2, 0) is 9.53 Å². The summed E-state index contributed by atoms with van der Waals surface area (Å²) in [5, 5.41) is 7.37. The number of nitrogens with zero attached hydrogens (tertiary/aromatic N) is 1. The highest BCUT2D eigenvalue weighted by Crippen LogP contribution is 2.28. The number of esters is 1. The number of nitrogens with one attached hydrogen (secondary N) is 1. The standard InChI is InChI=1S/C21H22N2O3S2/c1-3-8-16(15-9-5-4-6-10-15)22-19(24)14(2)26-21(25)17-13-28-20(23-17)18-11-7-12-27-18/h4-7,9-14,16H,3,8H2,1-2H3,(H,22,24)/t14-,16-/m0/s1. The number of benzene rings is 1. The van der Waals surface area contributed by atoms with E-state index in [-0.39, 0.29) is 17.6 Å². The van der Waals surface area contributed by atoms with Gasteiger partial charge in [0.2, 0.25) is 0 Å². The molecule has 0 saturated carbocycles. The molecule has 28 heavy (non-hydrogen) atoms. The summed E-state index contributed by atoms with van der Waals surface area (Å²) in [5.41, 5.74) is 1.26. The van der Waals surface area contributed by atoms with Gasteiger partial charge < -0.3 is 10.1 Å². The van der Waals surface area contributed by atoms with Crippen LogP contribution in [0.25, 0.3) is 9.88 Å². The van der Waals surface area contributed by atoms with Gasteiger partial charge in [-0.15, -0.1) is 22.7 Å². The molecule has 0 spiro atoms. The molecule has 0 bridgehead atoms. The fourth-order valence-corrected chi connectivity index (χ4v) is 4.34. The lowest BCUT2D eigenvalue weighted by Gasteiger charge is -2.21. The van der Waals surface area contributed by atoms with Crippen LogP contribution in [0.1, 0.15) is 48.8 Å². The van der Waals surface area contributed by atoms with Crippen molar-refractivity contribution in [1.29, 1.82) is 0 Å². The molecule has 3 rings (SSSR count). The van der Waals surface area contributed by atoms with Gasteiger partial charge >= 0.3 is 5.97 Å². The van der Waals surface area contributed by atoms with E-state index in [1.807, 2.05) is 47.8 Å². The van der Waals surface area contributed by atoms with Gasteiger partial charge in [0, 0.05) is 5.38 Å². The minimum absolute atomic E-state index is 0.107. The van der Waals surface area contributed by atoms with E-state index in [9.17, 15) is 9.59 Å². The minimum atomic E-state index is -0.901. The Kier molecular flexibility index (Phi) is 6.95. The van der Waals surface area contributed by atoms with Gasteiger partial charge in [-0.05, 0) is 30.4 Å². The zero-order valence-corrected chi connectivity index (χ0v) is 17.4. The van der Waals surface area contributed by atoms with Crippen LogP contribution in [-0.4, -0.2) is 23.0 Å². The number of thiazole rings is 1. The Labute approximate surface area is 172 Å². The quantitative estimate of drug-likeness (QED) is 0.522. The van der Waals surface area contributed by atoms with E-state index in [2.05, 4.69) is 17.2 Å². The van der Waals surface area contributed by atoms with Crippen molar-refractivity contribution in [3.05, 3.63) is 64.5 Å². The number of amides is 1. The first-order valence-electron chi connectivity index (χ1n) is 9.14. The van der Waals surface area contributed by atoms with E-state index in [1.165, 1.54) is 11.3 Å². The summed E-state index contributed by atoms with van der Waals surface area (Å²) < 4.78 is 5.34. The molecule has 1 amide bonds. The number of ether oxygens (including phenoxy) is 1. The SMILES string of the molecule is CCC[C@H](NC(=O)[C@H](C)OC(=O)c1csc(-c2cccs2)n1)c1ccccc1. The van der Waals surface area contributed by atoms with Gasteiger partial charge in [0.05, 0.1) is 10.9 Å². The van der Waals surface area contributed by atoms with Gasteiger partial charge in [0.25, 0.3) is 5.91 Å². The molecule has 2 aromatic heterocycles. The lowest BCUT2D eigenvalue weighted by Crippen LogP contribution is -2.38. The fraction of sp³-hybridized carbons (Fsp3) is 0.286. The first-order valence-corrected chi connectivity index (χ1v) is 10.9. The highest BCUT2D eigenvalue weighted by Gasteiger charge is 2.23. The zero-order valence-electron chi connectivity index (χ0n) is 15.8. The molecule has 0 aliphatic rings. The Balaban J connectivity index is 1.61. The monoisotopic (exact) mass is 414 g/mol. The molecular formula is C21H22N2O3S2. The summed E-state index contributed by atoms with van der Waals surface area (Å²) in [6, 6.07) is 13.6. The molecule has 5 nitrogen and oxygen atoms in total. The second-order valence-corrected chi connectivity index (χ2v) is 8.13. The first kappa shape index (κ1) is 20.2. The average molecular weight is 415 g/mol. The lowest BCUT2D eigenvalue weighted by atomic mass is 10.0. The minimum Gasteiger partial charge on any atom is -0.448 e. The molecule has 0 aliphatic heterocycles. The summed E-state index contributed by atoms with van der Waals surface area (Å²) in [5.74, 6) is -0.905. The molecule has 0 radical (unpaired) electrons. The van der Waals surface area contributed by atoms with Gasteiger partial charge in [-0.2, -0.15) is 0 Å². The third-order valence-electron chi connectivity index (χ3n) is 4.19. The Morgan fingerprint density at radius 1 is 1.14 bits per heavy atom. The van der Waals surface area contributed by atoms with Crippen molar-refractivity contribution in [3.63, 3.8) is 0 Å². The van der Waals surface area contributed by atoms with Crippen LogP contribution in [0.2, 0.25) is 0 Å². The molecule has 3 aromatic rings. The second-order valence-electron chi connectivity index (χ2n) is 6.32. The zero-order chi connectivity index (χ0) is 19.9. The van der Waals surface area contributed by atoms with E-state index in [0.29, 0.717) is 0 Å². The van der Waals surface area contributed by atoms with Crippen LogP contribution >= 0.6 is 22.7 Å². The number of hydrogen-bond donors (Lipinski definition) is 1. The summed E-state index contributed by atoms with van der Waals surface area (Å²) >= 11 is 2.94. The molecule has 7 heteroatoms. The number of carbonyl (C=O) groups excluding carboxylic acids is 2. The Morgan fingerprint density at radius 2 is 1.93 bits per heavy atom. The second kappa shape index (κ2) is 9.61. The van der Waals surface area contributed by atoms with E-state index < -0.39 is 12.1 Å². The molecule has 0 saturated heterocycles. The molecule has 2 heterocycles. The Hall–Kier alpha value is -2.51. The molecule has 1 N–H and O–H groups in total. The topological polar surface area (TPSA) is 68.3 Å². The number of rotatable bonds is 8. The maximum Gasteiger partial charge on any atom is 0.358 e. The van der Waals surface area contributed by atoms with Crippen molar-refractivity contribution in [3.8, 4) is 9.88 Å². The number of carbonyl (C=O) groups is 2. The third-order valence-corrected chi connectivity index (χ3v) is 6.08. The Bertz CT molecular complexity index is 907. The molecule has 0 fully saturated rings. The smallest absolute Gasteiger partial charge is 0.358 e. The highest BCUT2D eigenvalue weighted by molar-refractivity contribution is 7.20. The summed E-state index contributed by atoms with van der Waals surface area (Å²) in [7, 11) is 0. The van der Waals surface area contributed by atoms with Gasteiger partial charge in [-0.1, -0.05) is 49.7 Å². The van der Waals surface area contributed by atoms with Crippen molar-refractivity contribution in [2.24, 2.45) is 0 Å². The van der Waals surface area contributed by atoms with Crippen LogP contribution in [0.15, 0.2) is 53.2 Å². The molecular weight excluding hydrogens is 392 g/mol. The van der Waals surface area contributed by atoms with Crippen LogP contribution in [0.3, 0.4) is 0 Å². The number of hydrogen-bond acceptors (Lipinski definition) is 6. The summed E-state index contributed by atoms with van der Waals surface area (Å²) in [6.45, 7) is 3.65. The van der Waals surface area contributed by atoms with Gasteiger partial charge in [-0.3, -0.25) is 4.79 Å². The number of thiophene rings is 1. The van der Waals surface area contributed by atoms with Crippen LogP contribution in [0.4, 0.5) is 0 Å². The maximum absolute atomic E-state index is 12.6. The van der Waals surface area contributed by atoms with Crippen molar-refractivity contribution in [2.45, 2.75) is 38.8 Å².